The molecular weight excluding hydrogens is 544 g/mol. The van der Waals surface area contributed by atoms with E-state index >= 15 is 0 Å². The molecule has 0 aliphatic carbocycles. The van der Waals surface area contributed by atoms with E-state index in [1.807, 2.05) is 61.5 Å². The van der Waals surface area contributed by atoms with Gasteiger partial charge in [-0.3, -0.25) is 24.1 Å². The molecule has 218 valence electrons. The van der Waals surface area contributed by atoms with Crippen molar-refractivity contribution in [3.63, 3.8) is 0 Å². The smallest absolute Gasteiger partial charge is 0.299 e. The second-order valence-electron chi connectivity index (χ2n) is 10.4. The molecule has 43 heavy (non-hydrogen) atoms. The molecule has 0 spiro atoms. The number of benzene rings is 4. The summed E-state index contributed by atoms with van der Waals surface area (Å²) in [6, 6.07) is 29.1. The van der Waals surface area contributed by atoms with Gasteiger partial charge in [-0.15, -0.1) is 0 Å². The number of carbonyl (C=O) groups is 4. The fraction of sp³-hybridized carbons (Fsp3) is 0.176. The highest BCUT2D eigenvalue weighted by Gasteiger charge is 2.39. The van der Waals surface area contributed by atoms with Crippen LogP contribution in [-0.4, -0.2) is 56.2 Å². The molecule has 4 aromatic rings. The van der Waals surface area contributed by atoms with Crippen LogP contribution in [0.25, 0.3) is 0 Å². The van der Waals surface area contributed by atoms with Gasteiger partial charge in [0, 0.05) is 32.0 Å². The first kappa shape index (κ1) is 29.1. The maximum absolute atomic E-state index is 14.2. The Morgan fingerprint density at radius 1 is 0.860 bits per heavy atom. The van der Waals surface area contributed by atoms with Crippen LogP contribution < -0.4 is 19.9 Å². The fourth-order valence-electron chi connectivity index (χ4n) is 5.07. The van der Waals surface area contributed by atoms with Crippen molar-refractivity contribution in [2.24, 2.45) is 0 Å². The van der Waals surface area contributed by atoms with Crippen LogP contribution in [0.1, 0.15) is 27.5 Å². The van der Waals surface area contributed by atoms with Crippen LogP contribution in [0, 0.1) is 0 Å². The minimum absolute atomic E-state index is 0.0756. The first-order valence-corrected chi connectivity index (χ1v) is 13.8. The lowest BCUT2D eigenvalue weighted by Gasteiger charge is -2.33. The van der Waals surface area contributed by atoms with E-state index in [0.29, 0.717) is 22.7 Å². The van der Waals surface area contributed by atoms with Crippen molar-refractivity contribution in [2.75, 3.05) is 42.9 Å². The van der Waals surface area contributed by atoms with E-state index in [9.17, 15) is 19.2 Å². The number of hydrogen-bond donors (Lipinski definition) is 1. The number of Topliss-reactive ketones (excluding diaryl/α,β-unsaturated/α-hetero) is 1. The van der Waals surface area contributed by atoms with Crippen LogP contribution in [0.2, 0.25) is 0 Å². The lowest BCUT2D eigenvalue weighted by atomic mass is 10.0. The van der Waals surface area contributed by atoms with Crippen molar-refractivity contribution in [3.8, 4) is 5.75 Å². The zero-order valence-corrected chi connectivity index (χ0v) is 24.2. The lowest BCUT2D eigenvalue weighted by molar-refractivity contribution is -0.139. The standard InChI is InChI=1S/C34H32N4O5/c1-36(2)26-18-16-25(17-19-26)35-33(41)31(24-12-9-13-27(20-24)43-3)38(21-23-10-5-4-6-11-23)30(39)22-37-29-15-8-7-14-28(29)32(40)34(37)42/h4-20,31H,21-22H2,1-3H3,(H,35,41). The Kier molecular flexibility index (Phi) is 8.52. The number of amides is 3. The van der Waals surface area contributed by atoms with Gasteiger partial charge in [0.05, 0.1) is 18.4 Å². The van der Waals surface area contributed by atoms with E-state index in [1.54, 1.807) is 60.7 Å². The van der Waals surface area contributed by atoms with Gasteiger partial charge in [0.25, 0.3) is 17.6 Å². The molecule has 0 bridgehead atoms. The third-order valence-corrected chi connectivity index (χ3v) is 7.31. The number of ether oxygens (including phenoxy) is 1. The Morgan fingerprint density at radius 2 is 1.56 bits per heavy atom. The quantitative estimate of drug-likeness (QED) is 0.275. The van der Waals surface area contributed by atoms with Crippen molar-refractivity contribution in [1.29, 1.82) is 0 Å². The summed E-state index contributed by atoms with van der Waals surface area (Å²) in [5.41, 5.74) is 3.46. The number of ketones is 1. The second-order valence-corrected chi connectivity index (χ2v) is 10.4. The molecule has 1 aliphatic heterocycles. The highest BCUT2D eigenvalue weighted by atomic mass is 16.5. The van der Waals surface area contributed by atoms with Crippen molar-refractivity contribution < 1.29 is 23.9 Å². The highest BCUT2D eigenvalue weighted by molar-refractivity contribution is 6.52. The van der Waals surface area contributed by atoms with E-state index in [1.165, 1.54) is 16.9 Å². The molecule has 0 saturated heterocycles. The maximum Gasteiger partial charge on any atom is 0.299 e. The number of hydrogen-bond acceptors (Lipinski definition) is 6. The van der Waals surface area contributed by atoms with Gasteiger partial charge in [0.15, 0.2) is 0 Å². The Morgan fingerprint density at radius 3 is 2.26 bits per heavy atom. The molecule has 3 amide bonds. The molecule has 0 fully saturated rings. The molecule has 9 nitrogen and oxygen atoms in total. The zero-order chi connectivity index (χ0) is 30.5. The maximum atomic E-state index is 14.2. The summed E-state index contributed by atoms with van der Waals surface area (Å²) in [7, 11) is 5.38. The first-order valence-electron chi connectivity index (χ1n) is 13.8. The van der Waals surface area contributed by atoms with Crippen LogP contribution in [0.15, 0.2) is 103 Å². The van der Waals surface area contributed by atoms with Gasteiger partial charge < -0.3 is 19.9 Å². The Bertz CT molecular complexity index is 1650. The molecule has 0 aromatic heterocycles. The van der Waals surface area contributed by atoms with Gasteiger partial charge in [-0.1, -0.05) is 54.6 Å². The molecule has 0 saturated carbocycles. The summed E-state index contributed by atoms with van der Waals surface area (Å²) in [5.74, 6) is -1.88. The molecule has 1 unspecified atom stereocenters. The molecular formula is C34H32N4O5. The van der Waals surface area contributed by atoms with E-state index in [0.717, 1.165) is 11.3 Å². The molecule has 0 radical (unpaired) electrons. The Hall–Kier alpha value is -5.44. The van der Waals surface area contributed by atoms with Gasteiger partial charge in [-0.05, 0) is 59.7 Å². The van der Waals surface area contributed by atoms with E-state index in [2.05, 4.69) is 5.32 Å². The van der Waals surface area contributed by atoms with E-state index < -0.39 is 36.1 Å². The zero-order valence-electron chi connectivity index (χ0n) is 24.2. The van der Waals surface area contributed by atoms with E-state index in [4.69, 9.17) is 4.74 Å². The van der Waals surface area contributed by atoms with Crippen molar-refractivity contribution in [1.82, 2.24) is 4.90 Å². The number of nitrogens with zero attached hydrogens (tertiary/aromatic N) is 3. The first-order chi connectivity index (χ1) is 20.8. The minimum atomic E-state index is -1.10. The number of methoxy groups -OCH3 is 1. The summed E-state index contributed by atoms with van der Waals surface area (Å²) in [4.78, 5) is 58.5. The monoisotopic (exact) mass is 576 g/mol. The van der Waals surface area contributed by atoms with Crippen LogP contribution in [0.4, 0.5) is 17.1 Å². The predicted molar refractivity (Wildman–Crippen MR) is 165 cm³/mol. The number of rotatable bonds is 10. The average molecular weight is 577 g/mol. The minimum Gasteiger partial charge on any atom is -0.497 e. The largest absolute Gasteiger partial charge is 0.497 e. The van der Waals surface area contributed by atoms with Crippen LogP contribution >= 0.6 is 0 Å². The number of carbonyl (C=O) groups excluding carboxylic acids is 4. The fourth-order valence-corrected chi connectivity index (χ4v) is 5.07. The summed E-state index contributed by atoms with van der Waals surface area (Å²) in [5, 5.41) is 2.96. The van der Waals surface area contributed by atoms with Gasteiger partial charge in [0.2, 0.25) is 5.91 Å². The number of fused-ring (bicyclic) bond motifs is 1. The van der Waals surface area contributed by atoms with Gasteiger partial charge in [-0.2, -0.15) is 0 Å². The Balaban J connectivity index is 1.54. The number of para-hydroxylation sites is 1. The third kappa shape index (κ3) is 6.25. The van der Waals surface area contributed by atoms with Crippen molar-refractivity contribution in [3.05, 3.63) is 120 Å². The molecule has 1 aliphatic rings. The van der Waals surface area contributed by atoms with Crippen LogP contribution in [0.3, 0.4) is 0 Å². The number of nitrogens with one attached hydrogen (secondary N) is 1. The van der Waals surface area contributed by atoms with Crippen molar-refractivity contribution in [2.45, 2.75) is 12.6 Å². The van der Waals surface area contributed by atoms with Gasteiger partial charge in [0.1, 0.15) is 18.3 Å². The molecule has 1 atom stereocenters. The molecule has 4 aromatic carbocycles. The summed E-state index contributed by atoms with van der Waals surface area (Å²) in [6.45, 7) is -0.341. The van der Waals surface area contributed by atoms with Gasteiger partial charge >= 0.3 is 0 Å². The molecule has 1 N–H and O–H groups in total. The van der Waals surface area contributed by atoms with Crippen LogP contribution in [0.5, 0.6) is 5.75 Å². The molecule has 9 heteroatoms. The van der Waals surface area contributed by atoms with E-state index in [-0.39, 0.29) is 12.1 Å². The van der Waals surface area contributed by atoms with Crippen LogP contribution in [-0.2, 0) is 20.9 Å². The highest BCUT2D eigenvalue weighted by Crippen LogP contribution is 2.31. The third-order valence-electron chi connectivity index (χ3n) is 7.31. The van der Waals surface area contributed by atoms with Gasteiger partial charge in [-0.25, -0.2) is 0 Å². The normalized spacial score (nSPS) is 12.9. The SMILES string of the molecule is COc1cccc(C(C(=O)Nc2ccc(N(C)C)cc2)N(Cc2ccccc2)C(=O)CN2C(=O)C(=O)c3ccccc32)c1. The summed E-state index contributed by atoms with van der Waals surface area (Å²) in [6.07, 6.45) is 0. The predicted octanol–water partition coefficient (Wildman–Crippen LogP) is 4.70. The molecule has 5 rings (SSSR count). The molecule has 1 heterocycles. The Labute approximate surface area is 250 Å². The average Bonchev–Trinajstić information content (AvgIpc) is 3.26. The number of anilines is 3. The topological polar surface area (TPSA) is 99.3 Å². The summed E-state index contributed by atoms with van der Waals surface area (Å²) >= 11 is 0. The lowest BCUT2D eigenvalue weighted by Crippen LogP contribution is -2.46. The second kappa shape index (κ2) is 12.6. The summed E-state index contributed by atoms with van der Waals surface area (Å²) < 4.78 is 5.44. The van der Waals surface area contributed by atoms with Crippen molar-refractivity contribution >= 4 is 40.6 Å².